The van der Waals surface area contributed by atoms with E-state index >= 15 is 0 Å². The zero-order valence-electron chi connectivity index (χ0n) is 14.8. The summed E-state index contributed by atoms with van der Waals surface area (Å²) in [5, 5.41) is 24.1. The Kier molecular flexibility index (Phi) is 6.13. The van der Waals surface area contributed by atoms with E-state index < -0.39 is 36.3 Å². The molecule has 0 aliphatic carbocycles. The summed E-state index contributed by atoms with van der Waals surface area (Å²) in [5.74, 6) is -2.08. The number of benzene rings is 3. The minimum atomic E-state index is -1.22. The van der Waals surface area contributed by atoms with Crippen molar-refractivity contribution in [3.63, 3.8) is 0 Å². The molecule has 0 spiro atoms. The molecule has 0 aromatic heterocycles. The van der Waals surface area contributed by atoms with Gasteiger partial charge in [0.1, 0.15) is 17.7 Å². The van der Waals surface area contributed by atoms with E-state index in [4.69, 9.17) is 0 Å². The van der Waals surface area contributed by atoms with Crippen LogP contribution in [0.1, 0.15) is 17.2 Å². The summed E-state index contributed by atoms with van der Waals surface area (Å²) in [6.07, 6.45) is 1.09. The van der Waals surface area contributed by atoms with E-state index in [-0.39, 0.29) is 5.56 Å². The van der Waals surface area contributed by atoms with E-state index in [9.17, 15) is 23.8 Å². The highest BCUT2D eigenvalue weighted by Gasteiger charge is 2.22. The minimum absolute atomic E-state index is 0.0570. The van der Waals surface area contributed by atoms with Gasteiger partial charge in [0.25, 0.3) is 0 Å². The molecule has 3 aromatic rings. The van der Waals surface area contributed by atoms with Gasteiger partial charge in [-0.1, -0.05) is 36.4 Å². The molecular formula is C22H19F2NO3. The van der Waals surface area contributed by atoms with Gasteiger partial charge in [0, 0.05) is 17.7 Å². The lowest BCUT2D eigenvalue weighted by molar-refractivity contribution is -0.118. The highest BCUT2D eigenvalue weighted by Crippen LogP contribution is 2.23. The molecule has 3 N–H and O–H groups in total. The predicted octanol–water partition coefficient (Wildman–Crippen LogP) is 3.34. The number of carbonyl (C=O) groups excluding carboxylic acids is 1. The van der Waals surface area contributed by atoms with E-state index in [1.807, 2.05) is 36.4 Å². The number of hydrogen-bond acceptors (Lipinski definition) is 3. The van der Waals surface area contributed by atoms with Gasteiger partial charge < -0.3 is 15.5 Å². The van der Waals surface area contributed by atoms with Crippen LogP contribution in [0.25, 0.3) is 16.8 Å². The zero-order chi connectivity index (χ0) is 20.1. The molecule has 1 amide bonds. The first-order chi connectivity index (χ1) is 13.5. The second-order valence-electron chi connectivity index (χ2n) is 6.34. The number of aliphatic hydroxyl groups is 2. The number of carbonyl (C=O) groups is 1. The van der Waals surface area contributed by atoms with Gasteiger partial charge in [0.05, 0.1) is 12.6 Å². The first-order valence-electron chi connectivity index (χ1n) is 8.69. The van der Waals surface area contributed by atoms with E-state index in [1.54, 1.807) is 6.07 Å². The summed E-state index contributed by atoms with van der Waals surface area (Å²) in [6, 6.07) is 15.2. The Bertz CT molecular complexity index is 1020. The minimum Gasteiger partial charge on any atom is -0.394 e. The lowest BCUT2D eigenvalue weighted by Gasteiger charge is -2.23. The Morgan fingerprint density at radius 2 is 1.79 bits per heavy atom. The first-order valence-corrected chi connectivity index (χ1v) is 8.69. The standard InChI is InChI=1S/C22H19F2NO3/c23-18-9-7-15(19(24)12-18)8-10-21(28)25-22(20(27)13-26)17-6-5-14-3-1-2-4-16(14)11-17/h1-12,20,22,26-27H,13H2,(H,25,28)/t20-,22-/m1/s1. The Morgan fingerprint density at radius 1 is 1.04 bits per heavy atom. The number of hydrogen-bond donors (Lipinski definition) is 3. The second kappa shape index (κ2) is 8.73. The molecule has 0 saturated heterocycles. The predicted molar refractivity (Wildman–Crippen MR) is 103 cm³/mol. The summed E-state index contributed by atoms with van der Waals surface area (Å²) in [7, 11) is 0. The number of fused-ring (bicyclic) bond motifs is 1. The highest BCUT2D eigenvalue weighted by molar-refractivity contribution is 5.92. The Morgan fingerprint density at radius 3 is 2.50 bits per heavy atom. The van der Waals surface area contributed by atoms with E-state index in [0.29, 0.717) is 5.56 Å². The van der Waals surface area contributed by atoms with Crippen molar-refractivity contribution in [2.45, 2.75) is 12.1 Å². The van der Waals surface area contributed by atoms with Crippen LogP contribution in [0.2, 0.25) is 0 Å². The molecule has 2 atom stereocenters. The van der Waals surface area contributed by atoms with Gasteiger partial charge in [-0.3, -0.25) is 4.79 Å². The van der Waals surface area contributed by atoms with Crippen molar-refractivity contribution in [2.75, 3.05) is 6.61 Å². The normalized spacial score (nSPS) is 13.6. The topological polar surface area (TPSA) is 69.6 Å². The van der Waals surface area contributed by atoms with E-state index in [2.05, 4.69) is 5.32 Å². The van der Waals surface area contributed by atoms with Gasteiger partial charge in [-0.05, 0) is 40.6 Å². The molecule has 0 aliphatic heterocycles. The van der Waals surface area contributed by atoms with Crippen LogP contribution >= 0.6 is 0 Å². The molecule has 0 bridgehead atoms. The van der Waals surface area contributed by atoms with Gasteiger partial charge >= 0.3 is 0 Å². The molecule has 0 radical (unpaired) electrons. The summed E-state index contributed by atoms with van der Waals surface area (Å²) in [6.45, 7) is -0.548. The third kappa shape index (κ3) is 4.60. The van der Waals surface area contributed by atoms with Crippen LogP contribution in [0.3, 0.4) is 0 Å². The molecule has 4 nitrogen and oxygen atoms in total. The van der Waals surface area contributed by atoms with E-state index in [0.717, 1.165) is 29.0 Å². The molecule has 3 aromatic carbocycles. The number of aliphatic hydroxyl groups excluding tert-OH is 2. The molecule has 0 heterocycles. The second-order valence-corrected chi connectivity index (χ2v) is 6.34. The van der Waals surface area contributed by atoms with Crippen molar-refractivity contribution < 1.29 is 23.8 Å². The van der Waals surface area contributed by atoms with Crippen LogP contribution in [0.15, 0.2) is 66.7 Å². The van der Waals surface area contributed by atoms with Crippen LogP contribution in [0.4, 0.5) is 8.78 Å². The molecule has 0 saturated carbocycles. The fourth-order valence-corrected chi connectivity index (χ4v) is 2.91. The van der Waals surface area contributed by atoms with Gasteiger partial charge in [-0.25, -0.2) is 8.78 Å². The average molecular weight is 383 g/mol. The Balaban J connectivity index is 1.81. The van der Waals surface area contributed by atoms with Crippen molar-refractivity contribution in [3.8, 4) is 0 Å². The highest BCUT2D eigenvalue weighted by atomic mass is 19.1. The van der Waals surface area contributed by atoms with Crippen LogP contribution in [0, 0.1) is 11.6 Å². The van der Waals surface area contributed by atoms with Crippen molar-refractivity contribution >= 4 is 22.8 Å². The summed E-state index contributed by atoms with van der Waals surface area (Å²) in [5.41, 5.74) is 0.677. The molecule has 6 heteroatoms. The Labute approximate surface area is 160 Å². The molecular weight excluding hydrogens is 364 g/mol. The lowest BCUT2D eigenvalue weighted by Crippen LogP contribution is -2.37. The van der Waals surface area contributed by atoms with Crippen LogP contribution in [-0.4, -0.2) is 28.8 Å². The van der Waals surface area contributed by atoms with E-state index in [1.165, 1.54) is 12.1 Å². The molecule has 0 aliphatic rings. The third-order valence-electron chi connectivity index (χ3n) is 4.38. The first kappa shape index (κ1) is 19.7. The Hall–Kier alpha value is -3.09. The molecule has 0 unspecified atom stereocenters. The zero-order valence-corrected chi connectivity index (χ0v) is 14.8. The monoisotopic (exact) mass is 383 g/mol. The fraction of sp³-hybridized carbons (Fsp3) is 0.136. The maximum absolute atomic E-state index is 13.7. The maximum atomic E-state index is 13.7. The van der Waals surface area contributed by atoms with Crippen LogP contribution in [0.5, 0.6) is 0 Å². The molecule has 144 valence electrons. The van der Waals surface area contributed by atoms with Crippen LogP contribution < -0.4 is 5.32 Å². The number of halogens is 2. The van der Waals surface area contributed by atoms with Gasteiger partial charge in [-0.2, -0.15) is 0 Å². The number of nitrogens with one attached hydrogen (secondary N) is 1. The van der Waals surface area contributed by atoms with Crippen molar-refractivity contribution in [3.05, 3.63) is 89.5 Å². The number of rotatable bonds is 6. The maximum Gasteiger partial charge on any atom is 0.244 e. The van der Waals surface area contributed by atoms with Gasteiger partial charge in [0.15, 0.2) is 0 Å². The smallest absolute Gasteiger partial charge is 0.244 e. The number of amides is 1. The quantitative estimate of drug-likeness (QED) is 0.572. The lowest BCUT2D eigenvalue weighted by atomic mass is 9.98. The van der Waals surface area contributed by atoms with Gasteiger partial charge in [-0.15, -0.1) is 0 Å². The summed E-state index contributed by atoms with van der Waals surface area (Å²) in [4.78, 5) is 12.3. The average Bonchev–Trinajstić information content (AvgIpc) is 2.70. The third-order valence-corrected chi connectivity index (χ3v) is 4.38. The molecule has 0 fully saturated rings. The van der Waals surface area contributed by atoms with Crippen molar-refractivity contribution in [1.82, 2.24) is 5.32 Å². The SMILES string of the molecule is O=C(C=Cc1ccc(F)cc1F)N[C@H](c1ccc2ccccc2c1)[C@H](O)CO. The van der Waals surface area contributed by atoms with Crippen molar-refractivity contribution in [2.24, 2.45) is 0 Å². The largest absolute Gasteiger partial charge is 0.394 e. The van der Waals surface area contributed by atoms with Crippen molar-refractivity contribution in [1.29, 1.82) is 0 Å². The summed E-state index contributed by atoms with van der Waals surface area (Å²) >= 11 is 0. The molecule has 28 heavy (non-hydrogen) atoms. The molecule has 3 rings (SSSR count). The van der Waals surface area contributed by atoms with Gasteiger partial charge in [0.2, 0.25) is 5.91 Å². The van der Waals surface area contributed by atoms with Crippen LogP contribution in [-0.2, 0) is 4.79 Å². The fourth-order valence-electron chi connectivity index (χ4n) is 2.91. The summed E-state index contributed by atoms with van der Waals surface area (Å²) < 4.78 is 26.6.